The molecule has 0 aliphatic heterocycles. The van der Waals surface area contributed by atoms with E-state index in [0.717, 1.165) is 5.56 Å². The molecule has 1 atom stereocenters. The number of amides is 1. The first-order valence-corrected chi connectivity index (χ1v) is 5.81. The fraction of sp³-hybridized carbons (Fsp3) is 0.231. The number of carbonyl (C=O) groups is 2. The average Bonchev–Trinajstić information content (AvgIpc) is 2.26. The Morgan fingerprint density at radius 1 is 1.44 bits per heavy atom. The van der Waals surface area contributed by atoms with E-state index in [2.05, 4.69) is 5.32 Å². The number of rotatable bonds is 5. The van der Waals surface area contributed by atoms with Crippen molar-refractivity contribution in [3.05, 3.63) is 40.9 Å². The Hall–Kier alpha value is -1.81. The summed E-state index contributed by atoms with van der Waals surface area (Å²) in [7, 11) is 0. The standard InChI is InChI=1S/C13H14ClNO3/c1-9(8-13(17)18)15-12(16)7-6-10-4-2-3-5-11(10)14/h2-7,9H,8H2,1H3,(H,15,16)(H,17,18)/b7-6+. The molecule has 0 saturated heterocycles. The molecule has 0 bridgehead atoms. The number of halogens is 1. The molecule has 0 saturated carbocycles. The predicted octanol–water partition coefficient (Wildman–Crippen LogP) is 2.33. The second-order valence-corrected chi connectivity index (χ2v) is 4.27. The van der Waals surface area contributed by atoms with Gasteiger partial charge in [-0.1, -0.05) is 29.8 Å². The Morgan fingerprint density at radius 3 is 2.72 bits per heavy atom. The van der Waals surface area contributed by atoms with Crippen LogP contribution >= 0.6 is 11.6 Å². The fourth-order valence-corrected chi connectivity index (χ4v) is 1.58. The lowest BCUT2D eigenvalue weighted by atomic mass is 10.2. The third-order valence-electron chi connectivity index (χ3n) is 2.19. The summed E-state index contributed by atoms with van der Waals surface area (Å²) in [6.07, 6.45) is 2.82. The number of aliphatic carboxylic acids is 1. The van der Waals surface area contributed by atoms with Crippen LogP contribution < -0.4 is 5.32 Å². The van der Waals surface area contributed by atoms with Crippen LogP contribution in [0, 0.1) is 0 Å². The summed E-state index contributed by atoms with van der Waals surface area (Å²) in [6, 6.07) is 6.72. The largest absolute Gasteiger partial charge is 0.481 e. The molecule has 2 N–H and O–H groups in total. The Balaban J connectivity index is 2.55. The Bertz CT molecular complexity index is 471. The molecule has 1 rings (SSSR count). The van der Waals surface area contributed by atoms with Gasteiger partial charge in [-0.15, -0.1) is 0 Å². The lowest BCUT2D eigenvalue weighted by Gasteiger charge is -2.08. The Kier molecular flexibility index (Phi) is 5.39. The fourth-order valence-electron chi connectivity index (χ4n) is 1.38. The monoisotopic (exact) mass is 267 g/mol. The summed E-state index contributed by atoms with van der Waals surface area (Å²) in [6.45, 7) is 1.63. The zero-order valence-electron chi connectivity index (χ0n) is 9.89. The molecule has 1 aromatic carbocycles. The molecule has 0 aliphatic rings. The van der Waals surface area contributed by atoms with Gasteiger partial charge >= 0.3 is 5.97 Å². The first-order chi connectivity index (χ1) is 8.49. The third kappa shape index (κ3) is 5.01. The van der Waals surface area contributed by atoms with Crippen molar-refractivity contribution < 1.29 is 14.7 Å². The van der Waals surface area contributed by atoms with E-state index in [4.69, 9.17) is 16.7 Å². The highest BCUT2D eigenvalue weighted by molar-refractivity contribution is 6.32. The molecule has 4 nitrogen and oxygen atoms in total. The first kappa shape index (κ1) is 14.3. The third-order valence-corrected chi connectivity index (χ3v) is 2.53. The van der Waals surface area contributed by atoms with Crippen molar-refractivity contribution in [1.82, 2.24) is 5.32 Å². The summed E-state index contributed by atoms with van der Waals surface area (Å²) in [5.74, 6) is -1.29. The predicted molar refractivity (Wildman–Crippen MR) is 70.3 cm³/mol. The Labute approximate surface area is 110 Å². The van der Waals surface area contributed by atoms with Gasteiger partial charge in [0, 0.05) is 17.1 Å². The molecule has 0 aliphatic carbocycles. The molecule has 0 fully saturated rings. The van der Waals surface area contributed by atoms with Crippen LogP contribution in [-0.4, -0.2) is 23.0 Å². The van der Waals surface area contributed by atoms with Crippen molar-refractivity contribution >= 4 is 29.6 Å². The van der Waals surface area contributed by atoms with Crippen LogP contribution in [0.1, 0.15) is 18.9 Å². The maximum Gasteiger partial charge on any atom is 0.305 e. The van der Waals surface area contributed by atoms with Gasteiger partial charge in [-0.3, -0.25) is 9.59 Å². The van der Waals surface area contributed by atoms with Gasteiger partial charge < -0.3 is 10.4 Å². The number of nitrogens with one attached hydrogen (secondary N) is 1. The number of benzene rings is 1. The zero-order valence-corrected chi connectivity index (χ0v) is 10.6. The van der Waals surface area contributed by atoms with Gasteiger partial charge in [0.2, 0.25) is 5.91 Å². The molecule has 18 heavy (non-hydrogen) atoms. The van der Waals surface area contributed by atoms with Crippen molar-refractivity contribution in [3.8, 4) is 0 Å². The van der Waals surface area contributed by atoms with Crippen LogP contribution in [0.2, 0.25) is 5.02 Å². The van der Waals surface area contributed by atoms with Gasteiger partial charge in [0.15, 0.2) is 0 Å². The molecule has 0 spiro atoms. The molecule has 1 amide bonds. The Morgan fingerprint density at radius 2 is 2.11 bits per heavy atom. The van der Waals surface area contributed by atoms with E-state index in [1.54, 1.807) is 31.2 Å². The first-order valence-electron chi connectivity index (χ1n) is 5.44. The summed E-state index contributed by atoms with van der Waals surface area (Å²) in [4.78, 5) is 21.9. The van der Waals surface area contributed by atoms with E-state index in [1.807, 2.05) is 6.07 Å². The highest BCUT2D eigenvalue weighted by Gasteiger charge is 2.08. The summed E-state index contributed by atoms with van der Waals surface area (Å²) >= 11 is 5.92. The molecule has 1 aromatic rings. The van der Waals surface area contributed by atoms with Crippen molar-refractivity contribution in [2.45, 2.75) is 19.4 Å². The number of hydrogen-bond acceptors (Lipinski definition) is 2. The highest BCUT2D eigenvalue weighted by atomic mass is 35.5. The molecule has 96 valence electrons. The van der Waals surface area contributed by atoms with Crippen molar-refractivity contribution in [1.29, 1.82) is 0 Å². The summed E-state index contributed by atoms with van der Waals surface area (Å²) in [5.41, 5.74) is 0.736. The SMILES string of the molecule is CC(CC(=O)O)NC(=O)/C=C/c1ccccc1Cl. The second kappa shape index (κ2) is 6.81. The van der Waals surface area contributed by atoms with Crippen LogP contribution in [0.3, 0.4) is 0 Å². The van der Waals surface area contributed by atoms with Crippen LogP contribution in [0.15, 0.2) is 30.3 Å². The molecule has 5 heteroatoms. The quantitative estimate of drug-likeness (QED) is 0.805. The lowest BCUT2D eigenvalue weighted by molar-refractivity contribution is -0.137. The molecular formula is C13H14ClNO3. The number of hydrogen-bond donors (Lipinski definition) is 2. The smallest absolute Gasteiger partial charge is 0.305 e. The van der Waals surface area contributed by atoms with E-state index in [0.29, 0.717) is 5.02 Å². The van der Waals surface area contributed by atoms with Crippen LogP contribution in [0.4, 0.5) is 0 Å². The maximum atomic E-state index is 11.5. The lowest BCUT2D eigenvalue weighted by Crippen LogP contribution is -2.32. The van der Waals surface area contributed by atoms with Crippen molar-refractivity contribution in [2.24, 2.45) is 0 Å². The van der Waals surface area contributed by atoms with Gasteiger partial charge in [-0.25, -0.2) is 0 Å². The molecular weight excluding hydrogens is 254 g/mol. The van der Waals surface area contributed by atoms with Crippen LogP contribution in [0.5, 0.6) is 0 Å². The average molecular weight is 268 g/mol. The minimum absolute atomic E-state index is 0.105. The highest BCUT2D eigenvalue weighted by Crippen LogP contribution is 2.15. The minimum atomic E-state index is -0.946. The van der Waals surface area contributed by atoms with E-state index in [9.17, 15) is 9.59 Å². The number of carboxylic acid groups (broad SMARTS) is 1. The number of carbonyl (C=O) groups excluding carboxylic acids is 1. The number of carboxylic acids is 1. The minimum Gasteiger partial charge on any atom is -0.481 e. The topological polar surface area (TPSA) is 66.4 Å². The van der Waals surface area contributed by atoms with Crippen molar-refractivity contribution in [2.75, 3.05) is 0 Å². The molecule has 0 aromatic heterocycles. The molecule has 0 radical (unpaired) electrons. The summed E-state index contributed by atoms with van der Waals surface area (Å²) in [5, 5.41) is 11.7. The second-order valence-electron chi connectivity index (χ2n) is 3.86. The van der Waals surface area contributed by atoms with Gasteiger partial charge in [0.1, 0.15) is 0 Å². The molecule has 0 heterocycles. The maximum absolute atomic E-state index is 11.5. The van der Waals surface area contributed by atoms with Gasteiger partial charge in [-0.05, 0) is 24.6 Å². The van der Waals surface area contributed by atoms with Gasteiger partial charge in [0.05, 0.1) is 6.42 Å². The van der Waals surface area contributed by atoms with Crippen LogP contribution in [0.25, 0.3) is 6.08 Å². The van der Waals surface area contributed by atoms with Crippen molar-refractivity contribution in [3.63, 3.8) is 0 Å². The van der Waals surface area contributed by atoms with Crippen LogP contribution in [-0.2, 0) is 9.59 Å². The van der Waals surface area contributed by atoms with E-state index in [1.165, 1.54) is 6.08 Å². The zero-order chi connectivity index (χ0) is 13.5. The normalized spacial score (nSPS) is 12.3. The van der Waals surface area contributed by atoms with E-state index >= 15 is 0 Å². The van der Waals surface area contributed by atoms with E-state index < -0.39 is 12.0 Å². The molecule has 1 unspecified atom stereocenters. The van der Waals surface area contributed by atoms with E-state index in [-0.39, 0.29) is 12.3 Å². The summed E-state index contributed by atoms with van der Waals surface area (Å²) < 4.78 is 0. The van der Waals surface area contributed by atoms with Gasteiger partial charge in [-0.2, -0.15) is 0 Å². The van der Waals surface area contributed by atoms with Gasteiger partial charge in [0.25, 0.3) is 0 Å².